The average molecular weight is 390 g/mol. The normalized spacial score (nSPS) is 16.4. The van der Waals surface area contributed by atoms with E-state index in [2.05, 4.69) is 16.0 Å². The first kappa shape index (κ1) is 18.7. The van der Waals surface area contributed by atoms with Crippen LogP contribution >= 0.6 is 11.6 Å². The van der Waals surface area contributed by atoms with Crippen LogP contribution in [-0.2, 0) is 4.79 Å². The van der Waals surface area contributed by atoms with Crippen molar-refractivity contribution in [2.45, 2.75) is 13.0 Å². The second-order valence-electron chi connectivity index (χ2n) is 5.89. The van der Waals surface area contributed by atoms with Crippen LogP contribution in [0.15, 0.2) is 53.7 Å². The molecule has 0 spiro atoms. The number of hydrogen-bond donors (Lipinski definition) is 3. The highest BCUT2D eigenvalue weighted by Crippen LogP contribution is 2.32. The van der Waals surface area contributed by atoms with Crippen molar-refractivity contribution >= 4 is 29.2 Å². The van der Waals surface area contributed by atoms with Crippen molar-refractivity contribution in [1.29, 1.82) is 0 Å². The van der Waals surface area contributed by atoms with E-state index in [9.17, 15) is 14.0 Å². The highest BCUT2D eigenvalue weighted by atomic mass is 35.5. The van der Waals surface area contributed by atoms with Gasteiger partial charge in [0, 0.05) is 22.3 Å². The number of hydrogen-bond acceptors (Lipinski definition) is 3. The van der Waals surface area contributed by atoms with Crippen molar-refractivity contribution < 1.29 is 18.7 Å². The number of halogens is 2. The fraction of sp³-hybridized carbons (Fsp3) is 0.158. The van der Waals surface area contributed by atoms with E-state index < -0.39 is 23.8 Å². The highest BCUT2D eigenvalue weighted by Gasteiger charge is 2.33. The summed E-state index contributed by atoms with van der Waals surface area (Å²) in [5.74, 6) is -0.648. The molecule has 2 aromatic carbocycles. The van der Waals surface area contributed by atoms with E-state index in [-0.39, 0.29) is 11.1 Å². The monoisotopic (exact) mass is 389 g/mol. The van der Waals surface area contributed by atoms with Gasteiger partial charge in [0.25, 0.3) is 5.91 Å². The van der Waals surface area contributed by atoms with Gasteiger partial charge in [-0.15, -0.1) is 0 Å². The number of rotatable bonds is 4. The zero-order valence-electron chi connectivity index (χ0n) is 14.6. The Morgan fingerprint density at radius 2 is 2.00 bits per heavy atom. The summed E-state index contributed by atoms with van der Waals surface area (Å²) in [7, 11) is 1.45. The number of allylic oxidation sites excluding steroid dienone is 1. The van der Waals surface area contributed by atoms with E-state index in [1.165, 1.54) is 25.3 Å². The van der Waals surface area contributed by atoms with Crippen LogP contribution in [0.3, 0.4) is 0 Å². The number of nitrogens with one attached hydrogen (secondary N) is 3. The zero-order chi connectivity index (χ0) is 19.6. The van der Waals surface area contributed by atoms with E-state index in [0.29, 0.717) is 22.2 Å². The van der Waals surface area contributed by atoms with Crippen LogP contribution < -0.4 is 20.7 Å². The van der Waals surface area contributed by atoms with Gasteiger partial charge < -0.3 is 20.7 Å². The van der Waals surface area contributed by atoms with Gasteiger partial charge in [-0.2, -0.15) is 0 Å². The van der Waals surface area contributed by atoms with E-state index in [1.54, 1.807) is 31.2 Å². The second-order valence-corrected chi connectivity index (χ2v) is 6.33. The molecule has 1 atom stereocenters. The van der Waals surface area contributed by atoms with Gasteiger partial charge in [-0.05, 0) is 25.1 Å². The van der Waals surface area contributed by atoms with Crippen molar-refractivity contribution in [1.82, 2.24) is 10.6 Å². The Bertz CT molecular complexity index is 946. The van der Waals surface area contributed by atoms with Crippen molar-refractivity contribution in [3.63, 3.8) is 0 Å². The molecule has 1 aliphatic rings. The Kier molecular flexibility index (Phi) is 5.32. The molecule has 27 heavy (non-hydrogen) atoms. The number of amides is 3. The van der Waals surface area contributed by atoms with E-state index >= 15 is 0 Å². The van der Waals surface area contributed by atoms with Crippen molar-refractivity contribution in [3.8, 4) is 5.75 Å². The lowest BCUT2D eigenvalue weighted by Crippen LogP contribution is -2.46. The number of methoxy groups -OCH3 is 1. The quantitative estimate of drug-likeness (QED) is 0.745. The summed E-state index contributed by atoms with van der Waals surface area (Å²) < 4.78 is 19.5. The fourth-order valence-corrected chi connectivity index (χ4v) is 3.06. The number of anilines is 1. The third-order valence-corrected chi connectivity index (χ3v) is 4.38. The number of carbonyl (C=O) groups excluding carboxylic acids is 2. The van der Waals surface area contributed by atoms with Gasteiger partial charge in [-0.1, -0.05) is 29.8 Å². The number of benzene rings is 2. The molecule has 1 unspecified atom stereocenters. The molecule has 6 nitrogen and oxygen atoms in total. The van der Waals surface area contributed by atoms with Gasteiger partial charge in [0.15, 0.2) is 0 Å². The molecule has 0 fully saturated rings. The first-order valence-electron chi connectivity index (χ1n) is 8.08. The molecule has 0 saturated carbocycles. The topological polar surface area (TPSA) is 79.5 Å². The highest BCUT2D eigenvalue weighted by molar-refractivity contribution is 6.30. The molecule has 2 aromatic rings. The fourth-order valence-electron chi connectivity index (χ4n) is 2.90. The lowest BCUT2D eigenvalue weighted by molar-refractivity contribution is -0.113. The molecule has 3 amide bonds. The summed E-state index contributed by atoms with van der Waals surface area (Å²) >= 11 is 5.94. The predicted molar refractivity (Wildman–Crippen MR) is 100 cm³/mol. The van der Waals surface area contributed by atoms with Crippen molar-refractivity contribution in [2.24, 2.45) is 0 Å². The van der Waals surface area contributed by atoms with Gasteiger partial charge in [0.1, 0.15) is 11.6 Å². The summed E-state index contributed by atoms with van der Waals surface area (Å²) in [6.07, 6.45) is 0. The molecule has 0 aromatic heterocycles. The summed E-state index contributed by atoms with van der Waals surface area (Å²) in [6, 6.07) is 9.30. The maximum atomic E-state index is 14.3. The molecule has 3 rings (SSSR count). The predicted octanol–water partition coefficient (Wildman–Crippen LogP) is 3.75. The maximum absolute atomic E-state index is 14.3. The third kappa shape index (κ3) is 3.88. The van der Waals surface area contributed by atoms with E-state index in [0.717, 1.165) is 0 Å². The molecular weight excluding hydrogens is 373 g/mol. The molecule has 140 valence electrons. The first-order valence-corrected chi connectivity index (χ1v) is 8.46. The molecule has 0 radical (unpaired) electrons. The minimum absolute atomic E-state index is 0.191. The smallest absolute Gasteiger partial charge is 0.319 e. The third-order valence-electron chi connectivity index (χ3n) is 4.14. The van der Waals surface area contributed by atoms with Crippen LogP contribution in [0, 0.1) is 5.82 Å². The summed E-state index contributed by atoms with van der Waals surface area (Å²) in [5.41, 5.74) is 1.12. The number of ether oxygens (including phenoxy) is 1. The Hall–Kier alpha value is -3.06. The van der Waals surface area contributed by atoms with Crippen LogP contribution in [0.1, 0.15) is 18.5 Å². The minimum atomic E-state index is -0.932. The largest absolute Gasteiger partial charge is 0.495 e. The van der Waals surface area contributed by atoms with E-state index in [1.807, 2.05) is 0 Å². The lowest BCUT2D eigenvalue weighted by Gasteiger charge is -2.29. The second kappa shape index (κ2) is 7.67. The standard InChI is InChI=1S/C19H17ClFN3O3/c1-10-16(18(25)23-14-8-7-11(20)9-15(14)27-2)17(24-19(26)22-10)12-5-3-4-6-13(12)21/h3-9,17H,1-2H3,(H,23,25)(H2,22,24,26). The van der Waals surface area contributed by atoms with Gasteiger partial charge >= 0.3 is 6.03 Å². The van der Waals surface area contributed by atoms with Gasteiger partial charge in [-0.3, -0.25) is 4.79 Å². The van der Waals surface area contributed by atoms with E-state index in [4.69, 9.17) is 16.3 Å². The lowest BCUT2D eigenvalue weighted by atomic mass is 9.94. The summed E-state index contributed by atoms with van der Waals surface area (Å²) in [6.45, 7) is 1.58. The SMILES string of the molecule is COc1cc(Cl)ccc1NC(=O)C1=C(C)NC(=O)NC1c1ccccc1F. The molecule has 1 heterocycles. The molecule has 3 N–H and O–H groups in total. The van der Waals surface area contributed by atoms with Crippen LogP contribution in [-0.4, -0.2) is 19.0 Å². The molecule has 0 aliphatic carbocycles. The maximum Gasteiger partial charge on any atom is 0.319 e. The molecule has 8 heteroatoms. The Morgan fingerprint density at radius 3 is 2.70 bits per heavy atom. The Labute approximate surface area is 160 Å². The van der Waals surface area contributed by atoms with Crippen LogP contribution in [0.2, 0.25) is 5.02 Å². The molecule has 0 saturated heterocycles. The van der Waals surface area contributed by atoms with Crippen LogP contribution in [0.25, 0.3) is 0 Å². The number of carbonyl (C=O) groups is 2. The van der Waals surface area contributed by atoms with Gasteiger partial charge in [0.05, 0.1) is 24.4 Å². The molecule has 0 bridgehead atoms. The van der Waals surface area contributed by atoms with Gasteiger partial charge in [0.2, 0.25) is 0 Å². The number of urea groups is 1. The summed E-state index contributed by atoms with van der Waals surface area (Å²) in [4.78, 5) is 24.8. The first-order chi connectivity index (χ1) is 12.9. The molecular formula is C19H17ClFN3O3. The molecule has 1 aliphatic heterocycles. The Balaban J connectivity index is 1.99. The average Bonchev–Trinajstić information content (AvgIpc) is 2.62. The van der Waals surface area contributed by atoms with Crippen LogP contribution in [0.4, 0.5) is 14.9 Å². The van der Waals surface area contributed by atoms with Crippen LogP contribution in [0.5, 0.6) is 5.75 Å². The van der Waals surface area contributed by atoms with Crippen molar-refractivity contribution in [3.05, 3.63) is 70.1 Å². The summed E-state index contributed by atoms with van der Waals surface area (Å²) in [5, 5.41) is 8.33. The zero-order valence-corrected chi connectivity index (χ0v) is 15.4. The van der Waals surface area contributed by atoms with Crippen molar-refractivity contribution in [2.75, 3.05) is 12.4 Å². The minimum Gasteiger partial charge on any atom is -0.495 e. The van der Waals surface area contributed by atoms with Gasteiger partial charge in [-0.25, -0.2) is 9.18 Å². The Morgan fingerprint density at radius 1 is 1.26 bits per heavy atom.